The van der Waals surface area contributed by atoms with Crippen molar-refractivity contribution in [3.8, 4) is 0 Å². The molecule has 0 heterocycles. The maximum absolute atomic E-state index is 11.6. The predicted octanol–water partition coefficient (Wildman–Crippen LogP) is 5.10. The van der Waals surface area contributed by atoms with Gasteiger partial charge < -0.3 is 0 Å². The van der Waals surface area contributed by atoms with E-state index in [0.29, 0.717) is 10.6 Å². The van der Waals surface area contributed by atoms with Crippen LogP contribution in [0.5, 0.6) is 0 Å². The third-order valence-electron chi connectivity index (χ3n) is 1.62. The summed E-state index contributed by atoms with van der Waals surface area (Å²) in [6, 6.07) is 4.54. The van der Waals surface area contributed by atoms with Crippen LogP contribution in [-0.4, -0.2) is 9.58 Å². The van der Waals surface area contributed by atoms with Crippen LogP contribution >= 0.6 is 58.0 Å². The molecule has 6 heteroatoms. The van der Waals surface area contributed by atoms with Gasteiger partial charge in [0.25, 0.3) is 0 Å². The topological polar surface area (TPSA) is 17.1 Å². The van der Waals surface area contributed by atoms with Gasteiger partial charge in [-0.15, -0.1) is 0 Å². The molecule has 0 fully saturated rings. The van der Waals surface area contributed by atoms with E-state index in [-0.39, 0.29) is 10.8 Å². The van der Waals surface area contributed by atoms with Gasteiger partial charge >= 0.3 is 0 Å². The minimum absolute atomic E-state index is 0.256. The standard InChI is InChI=1S/C10H5Cl5O/c11-6-1-2-7(8(12)5-6)9(16)3-4-10(13,14)15/h1-5H. The summed E-state index contributed by atoms with van der Waals surface area (Å²) in [4.78, 5) is 11.6. The molecule has 0 spiro atoms. The molecule has 1 aromatic carbocycles. The molecule has 0 aliphatic heterocycles. The van der Waals surface area contributed by atoms with E-state index in [2.05, 4.69) is 0 Å². The van der Waals surface area contributed by atoms with Gasteiger partial charge in [0, 0.05) is 10.6 Å². The van der Waals surface area contributed by atoms with Crippen LogP contribution in [0.1, 0.15) is 10.4 Å². The molecule has 16 heavy (non-hydrogen) atoms. The Labute approximate surface area is 118 Å². The second kappa shape index (κ2) is 5.61. The number of benzene rings is 1. The fraction of sp³-hybridized carbons (Fsp3) is 0.100. The zero-order valence-electron chi connectivity index (χ0n) is 7.68. The van der Waals surface area contributed by atoms with Crippen molar-refractivity contribution < 1.29 is 4.79 Å². The lowest BCUT2D eigenvalue weighted by molar-refractivity contribution is 0.104. The number of allylic oxidation sites excluding steroid dienone is 2. The summed E-state index contributed by atoms with van der Waals surface area (Å²) in [5.74, 6) is -0.354. The van der Waals surface area contributed by atoms with Crippen molar-refractivity contribution in [1.29, 1.82) is 0 Å². The Morgan fingerprint density at radius 1 is 1.19 bits per heavy atom. The largest absolute Gasteiger partial charge is 0.289 e. The first-order valence-electron chi connectivity index (χ1n) is 4.05. The van der Waals surface area contributed by atoms with E-state index >= 15 is 0 Å². The fourth-order valence-corrected chi connectivity index (χ4v) is 1.64. The molecular formula is C10H5Cl5O. The van der Waals surface area contributed by atoms with E-state index < -0.39 is 3.79 Å². The van der Waals surface area contributed by atoms with Crippen molar-refractivity contribution in [2.75, 3.05) is 0 Å². The van der Waals surface area contributed by atoms with Gasteiger partial charge in [-0.1, -0.05) is 58.0 Å². The van der Waals surface area contributed by atoms with E-state index in [1.165, 1.54) is 12.1 Å². The highest BCUT2D eigenvalue weighted by Crippen LogP contribution is 2.28. The molecule has 86 valence electrons. The molecule has 0 bridgehead atoms. The monoisotopic (exact) mass is 316 g/mol. The molecule has 0 aromatic heterocycles. The SMILES string of the molecule is O=C(C=CC(Cl)(Cl)Cl)c1ccc(Cl)cc1Cl. The molecule has 0 unspecified atom stereocenters. The normalized spacial score (nSPS) is 12.1. The van der Waals surface area contributed by atoms with Gasteiger partial charge in [-0.05, 0) is 30.4 Å². The molecule has 0 aliphatic rings. The van der Waals surface area contributed by atoms with Gasteiger partial charge in [-0.25, -0.2) is 0 Å². The van der Waals surface area contributed by atoms with Gasteiger partial charge in [-0.3, -0.25) is 4.79 Å². The zero-order valence-corrected chi connectivity index (χ0v) is 11.5. The van der Waals surface area contributed by atoms with Crippen molar-refractivity contribution in [2.24, 2.45) is 0 Å². The Balaban J connectivity index is 2.94. The first-order valence-corrected chi connectivity index (χ1v) is 5.94. The summed E-state index contributed by atoms with van der Waals surface area (Å²) >= 11 is 27.9. The Hall–Kier alpha value is 0.0800. The number of rotatable bonds is 2. The molecule has 1 nitrogen and oxygen atoms in total. The summed E-state index contributed by atoms with van der Waals surface area (Å²) in [6.07, 6.45) is 2.31. The van der Waals surface area contributed by atoms with Crippen LogP contribution in [0.15, 0.2) is 30.4 Å². The lowest BCUT2D eigenvalue weighted by atomic mass is 10.1. The van der Waals surface area contributed by atoms with Crippen LogP contribution in [0.3, 0.4) is 0 Å². The number of hydrogen-bond acceptors (Lipinski definition) is 1. The van der Waals surface area contributed by atoms with Crippen molar-refractivity contribution in [3.63, 3.8) is 0 Å². The first kappa shape index (κ1) is 14.1. The van der Waals surface area contributed by atoms with Crippen molar-refractivity contribution in [1.82, 2.24) is 0 Å². The minimum Gasteiger partial charge on any atom is -0.289 e. The molecule has 0 saturated carbocycles. The van der Waals surface area contributed by atoms with E-state index in [9.17, 15) is 4.79 Å². The number of halogens is 5. The third-order valence-corrected chi connectivity index (χ3v) is 2.55. The van der Waals surface area contributed by atoms with Gasteiger partial charge in [0.15, 0.2) is 5.78 Å². The minimum atomic E-state index is -1.60. The maximum atomic E-state index is 11.6. The van der Waals surface area contributed by atoms with E-state index in [0.717, 1.165) is 12.2 Å². The number of carbonyl (C=O) groups excluding carboxylic acids is 1. The van der Waals surface area contributed by atoms with E-state index in [4.69, 9.17) is 58.0 Å². The second-order valence-electron chi connectivity index (χ2n) is 2.86. The van der Waals surface area contributed by atoms with Crippen LogP contribution in [-0.2, 0) is 0 Å². The quantitative estimate of drug-likeness (QED) is 0.421. The van der Waals surface area contributed by atoms with Crippen LogP contribution in [0, 0.1) is 0 Å². The Morgan fingerprint density at radius 2 is 1.81 bits per heavy atom. The molecule has 0 aliphatic carbocycles. The average molecular weight is 318 g/mol. The van der Waals surface area contributed by atoms with Crippen LogP contribution in [0.4, 0.5) is 0 Å². The molecule has 0 saturated heterocycles. The van der Waals surface area contributed by atoms with Crippen molar-refractivity contribution >= 4 is 63.8 Å². The van der Waals surface area contributed by atoms with Crippen molar-refractivity contribution in [2.45, 2.75) is 3.79 Å². The van der Waals surface area contributed by atoms with Crippen LogP contribution in [0.2, 0.25) is 10.0 Å². The molecule has 1 rings (SSSR count). The molecular weight excluding hydrogens is 313 g/mol. The maximum Gasteiger partial charge on any atom is 0.209 e. The smallest absolute Gasteiger partial charge is 0.209 e. The number of carbonyl (C=O) groups is 1. The lowest BCUT2D eigenvalue weighted by Crippen LogP contribution is -2.00. The highest BCUT2D eigenvalue weighted by atomic mass is 35.6. The average Bonchev–Trinajstić information content (AvgIpc) is 2.13. The van der Waals surface area contributed by atoms with Crippen molar-refractivity contribution in [3.05, 3.63) is 46.0 Å². The van der Waals surface area contributed by atoms with Gasteiger partial charge in [0.1, 0.15) is 0 Å². The van der Waals surface area contributed by atoms with Crippen LogP contribution in [0.25, 0.3) is 0 Å². The Morgan fingerprint density at radius 3 is 2.31 bits per heavy atom. The summed E-state index contributed by atoms with van der Waals surface area (Å²) in [5.41, 5.74) is 0.302. The van der Waals surface area contributed by atoms with Gasteiger partial charge in [-0.2, -0.15) is 0 Å². The number of ketones is 1. The molecule has 0 radical (unpaired) electrons. The van der Waals surface area contributed by atoms with Gasteiger partial charge in [0.2, 0.25) is 3.79 Å². The van der Waals surface area contributed by atoms with Gasteiger partial charge in [0.05, 0.1) is 5.02 Å². The molecule has 0 atom stereocenters. The summed E-state index contributed by atoms with van der Waals surface area (Å²) in [7, 11) is 0. The summed E-state index contributed by atoms with van der Waals surface area (Å²) in [6.45, 7) is 0. The highest BCUT2D eigenvalue weighted by molar-refractivity contribution is 6.69. The fourth-order valence-electron chi connectivity index (χ4n) is 0.949. The Bertz CT molecular complexity index is 433. The first-order chi connectivity index (χ1) is 7.29. The highest BCUT2D eigenvalue weighted by Gasteiger charge is 2.16. The van der Waals surface area contributed by atoms with Crippen LogP contribution < -0.4 is 0 Å². The second-order valence-corrected chi connectivity index (χ2v) is 6.08. The van der Waals surface area contributed by atoms with E-state index in [1.807, 2.05) is 0 Å². The molecule has 0 N–H and O–H groups in total. The number of alkyl halides is 3. The lowest BCUT2D eigenvalue weighted by Gasteiger charge is -2.03. The number of hydrogen-bond donors (Lipinski definition) is 0. The van der Waals surface area contributed by atoms with E-state index in [1.54, 1.807) is 6.07 Å². The Kier molecular flexibility index (Phi) is 4.96. The predicted molar refractivity (Wildman–Crippen MR) is 70.2 cm³/mol. The zero-order chi connectivity index (χ0) is 12.3. The summed E-state index contributed by atoms with van der Waals surface area (Å²) < 4.78 is -1.60. The third kappa shape index (κ3) is 4.52. The molecule has 1 aromatic rings. The molecule has 0 amide bonds. The summed E-state index contributed by atoms with van der Waals surface area (Å²) in [5, 5.41) is 0.707.